The van der Waals surface area contributed by atoms with Gasteiger partial charge in [-0.25, -0.2) is 0 Å². The van der Waals surface area contributed by atoms with E-state index in [0.717, 1.165) is 11.8 Å². The first kappa shape index (κ1) is 14.8. The van der Waals surface area contributed by atoms with E-state index < -0.39 is 0 Å². The summed E-state index contributed by atoms with van der Waals surface area (Å²) in [6, 6.07) is 7.42. The molecule has 0 spiro atoms. The lowest BCUT2D eigenvalue weighted by molar-refractivity contribution is -0.141. The largest absolute Gasteiger partial charge is 0.490 e. The summed E-state index contributed by atoms with van der Waals surface area (Å²) < 4.78 is 15.6. The van der Waals surface area contributed by atoms with Crippen molar-refractivity contribution in [2.45, 2.75) is 12.8 Å². The zero-order valence-corrected chi connectivity index (χ0v) is 11.9. The second-order valence-electron chi connectivity index (χ2n) is 3.51. The van der Waals surface area contributed by atoms with Crippen molar-refractivity contribution in [2.24, 2.45) is 0 Å². The molecule has 0 amide bonds. The summed E-state index contributed by atoms with van der Waals surface area (Å²) in [5.74, 6) is 1.06. The standard InChI is InChI=1S/C13H17BrO4/c1-16-13(15)7-10-18-12-6-3-2-5-11(12)17-9-4-8-14/h2-3,5-6H,4,7-10H2,1H3. The molecule has 4 nitrogen and oxygen atoms in total. The molecule has 0 saturated heterocycles. The summed E-state index contributed by atoms with van der Waals surface area (Å²) in [5.41, 5.74) is 0. The van der Waals surface area contributed by atoms with E-state index in [1.807, 2.05) is 24.3 Å². The summed E-state index contributed by atoms with van der Waals surface area (Å²) >= 11 is 3.34. The van der Waals surface area contributed by atoms with Gasteiger partial charge in [-0.3, -0.25) is 4.79 Å². The van der Waals surface area contributed by atoms with Gasteiger partial charge in [-0.2, -0.15) is 0 Å². The Balaban J connectivity index is 2.45. The highest BCUT2D eigenvalue weighted by atomic mass is 79.9. The number of hydrogen-bond acceptors (Lipinski definition) is 4. The molecule has 0 unspecified atom stereocenters. The Bertz CT molecular complexity index is 368. The smallest absolute Gasteiger partial charge is 0.308 e. The zero-order valence-electron chi connectivity index (χ0n) is 10.4. The van der Waals surface area contributed by atoms with E-state index in [0.29, 0.717) is 18.1 Å². The Morgan fingerprint density at radius 3 is 2.33 bits per heavy atom. The number of hydrogen-bond donors (Lipinski definition) is 0. The summed E-state index contributed by atoms with van der Waals surface area (Å²) in [7, 11) is 1.36. The van der Waals surface area contributed by atoms with E-state index in [2.05, 4.69) is 20.7 Å². The molecule has 0 N–H and O–H groups in total. The highest BCUT2D eigenvalue weighted by Crippen LogP contribution is 2.26. The SMILES string of the molecule is COC(=O)CCOc1ccccc1OCCCBr. The fourth-order valence-corrected chi connectivity index (χ4v) is 1.50. The van der Waals surface area contributed by atoms with Crippen LogP contribution < -0.4 is 9.47 Å². The molecule has 0 heterocycles. The van der Waals surface area contributed by atoms with Crippen molar-refractivity contribution in [1.82, 2.24) is 0 Å². The number of carbonyl (C=O) groups is 1. The third-order valence-electron chi connectivity index (χ3n) is 2.18. The van der Waals surface area contributed by atoms with Gasteiger partial charge in [0.25, 0.3) is 0 Å². The van der Waals surface area contributed by atoms with Gasteiger partial charge in [0.15, 0.2) is 11.5 Å². The van der Waals surface area contributed by atoms with Crippen LogP contribution in [0.15, 0.2) is 24.3 Å². The highest BCUT2D eigenvalue weighted by Gasteiger charge is 2.05. The Hall–Kier alpha value is -1.23. The predicted molar refractivity (Wildman–Crippen MR) is 72.5 cm³/mol. The van der Waals surface area contributed by atoms with Crippen molar-refractivity contribution in [3.05, 3.63) is 24.3 Å². The normalized spacial score (nSPS) is 9.89. The summed E-state index contributed by atoms with van der Waals surface area (Å²) in [6.07, 6.45) is 1.16. The Kier molecular flexibility index (Phi) is 7.25. The molecule has 5 heteroatoms. The maximum Gasteiger partial charge on any atom is 0.308 e. The Morgan fingerprint density at radius 1 is 1.17 bits per heavy atom. The molecule has 0 aliphatic carbocycles. The molecule has 0 bridgehead atoms. The van der Waals surface area contributed by atoms with Crippen molar-refractivity contribution in [1.29, 1.82) is 0 Å². The van der Waals surface area contributed by atoms with Crippen LogP contribution in [-0.2, 0) is 9.53 Å². The van der Waals surface area contributed by atoms with E-state index in [1.54, 1.807) is 0 Å². The highest BCUT2D eigenvalue weighted by molar-refractivity contribution is 9.09. The number of alkyl halides is 1. The van der Waals surface area contributed by atoms with Crippen LogP contribution in [0.1, 0.15) is 12.8 Å². The second-order valence-corrected chi connectivity index (χ2v) is 4.31. The fourth-order valence-electron chi connectivity index (χ4n) is 1.27. The molecule has 0 saturated carbocycles. The van der Waals surface area contributed by atoms with Gasteiger partial charge >= 0.3 is 5.97 Å². The van der Waals surface area contributed by atoms with E-state index in [1.165, 1.54) is 7.11 Å². The molecule has 0 aromatic heterocycles. The minimum absolute atomic E-state index is 0.228. The first-order valence-corrected chi connectivity index (χ1v) is 6.87. The number of para-hydroxylation sites is 2. The number of halogens is 1. The Morgan fingerprint density at radius 2 is 1.78 bits per heavy atom. The van der Waals surface area contributed by atoms with Crippen molar-refractivity contribution in [2.75, 3.05) is 25.7 Å². The average Bonchev–Trinajstić information content (AvgIpc) is 2.40. The summed E-state index contributed by atoms with van der Waals surface area (Å²) in [5, 5.41) is 0.901. The lowest BCUT2D eigenvalue weighted by Crippen LogP contribution is -2.08. The molecule has 100 valence electrons. The van der Waals surface area contributed by atoms with Gasteiger partial charge in [-0.05, 0) is 18.6 Å². The second kappa shape index (κ2) is 8.80. The van der Waals surface area contributed by atoms with Gasteiger partial charge in [0.2, 0.25) is 0 Å². The number of benzene rings is 1. The maximum absolute atomic E-state index is 11.0. The van der Waals surface area contributed by atoms with Crippen LogP contribution in [0.2, 0.25) is 0 Å². The third-order valence-corrected chi connectivity index (χ3v) is 2.74. The summed E-state index contributed by atoms with van der Waals surface area (Å²) in [6.45, 7) is 0.911. The zero-order chi connectivity index (χ0) is 13.2. The van der Waals surface area contributed by atoms with E-state index in [9.17, 15) is 4.79 Å². The van der Waals surface area contributed by atoms with Crippen LogP contribution >= 0.6 is 15.9 Å². The predicted octanol–water partition coefficient (Wildman–Crippen LogP) is 2.79. The molecular formula is C13H17BrO4. The lowest BCUT2D eigenvalue weighted by atomic mass is 10.3. The quantitative estimate of drug-likeness (QED) is 0.420. The van der Waals surface area contributed by atoms with Gasteiger partial charge in [-0.1, -0.05) is 28.1 Å². The fraction of sp³-hybridized carbons (Fsp3) is 0.462. The molecule has 0 aliphatic heterocycles. The first-order chi connectivity index (χ1) is 8.77. The summed E-state index contributed by atoms with van der Waals surface area (Å²) in [4.78, 5) is 11.0. The molecule has 0 radical (unpaired) electrons. The van der Waals surface area contributed by atoms with Gasteiger partial charge in [0.05, 0.1) is 26.7 Å². The Labute approximate surface area is 115 Å². The van der Waals surface area contributed by atoms with Gasteiger partial charge in [0.1, 0.15) is 0 Å². The monoisotopic (exact) mass is 316 g/mol. The molecule has 1 aromatic carbocycles. The number of rotatable bonds is 8. The number of carbonyl (C=O) groups excluding carboxylic acids is 1. The van der Waals surface area contributed by atoms with Crippen LogP contribution in [0.5, 0.6) is 11.5 Å². The van der Waals surface area contributed by atoms with Gasteiger partial charge < -0.3 is 14.2 Å². The van der Waals surface area contributed by atoms with Crippen LogP contribution in [0, 0.1) is 0 Å². The molecule has 0 atom stereocenters. The topological polar surface area (TPSA) is 44.8 Å². The number of esters is 1. The average molecular weight is 317 g/mol. The van der Waals surface area contributed by atoms with Gasteiger partial charge in [-0.15, -0.1) is 0 Å². The van der Waals surface area contributed by atoms with Crippen molar-refractivity contribution >= 4 is 21.9 Å². The minimum Gasteiger partial charge on any atom is -0.490 e. The van der Waals surface area contributed by atoms with E-state index in [-0.39, 0.29) is 19.0 Å². The van der Waals surface area contributed by atoms with E-state index >= 15 is 0 Å². The molecule has 0 aliphatic rings. The van der Waals surface area contributed by atoms with Crippen molar-refractivity contribution in [3.63, 3.8) is 0 Å². The van der Waals surface area contributed by atoms with Crippen LogP contribution in [0.25, 0.3) is 0 Å². The maximum atomic E-state index is 11.0. The molecular weight excluding hydrogens is 300 g/mol. The van der Waals surface area contributed by atoms with Gasteiger partial charge in [0, 0.05) is 5.33 Å². The van der Waals surface area contributed by atoms with Crippen LogP contribution in [0.4, 0.5) is 0 Å². The number of ether oxygens (including phenoxy) is 3. The van der Waals surface area contributed by atoms with Crippen molar-refractivity contribution < 1.29 is 19.0 Å². The third kappa shape index (κ3) is 5.40. The lowest BCUT2D eigenvalue weighted by Gasteiger charge is -2.11. The molecule has 0 fully saturated rings. The molecule has 1 rings (SSSR count). The first-order valence-electron chi connectivity index (χ1n) is 5.75. The van der Waals surface area contributed by atoms with Crippen LogP contribution in [-0.4, -0.2) is 31.6 Å². The molecule has 1 aromatic rings. The van der Waals surface area contributed by atoms with Crippen LogP contribution in [0.3, 0.4) is 0 Å². The molecule has 18 heavy (non-hydrogen) atoms. The minimum atomic E-state index is -0.285. The van der Waals surface area contributed by atoms with E-state index in [4.69, 9.17) is 9.47 Å². The van der Waals surface area contributed by atoms with Crippen molar-refractivity contribution in [3.8, 4) is 11.5 Å². The number of methoxy groups -OCH3 is 1.